The Balaban J connectivity index is 0.928. The Labute approximate surface area is 327 Å². The third-order valence-electron chi connectivity index (χ3n) is 13.8. The first-order valence-corrected chi connectivity index (χ1v) is 20.3. The summed E-state index contributed by atoms with van der Waals surface area (Å²) in [6, 6.07) is 2.65. The van der Waals surface area contributed by atoms with Crippen LogP contribution in [0.1, 0.15) is 98.4 Å². The van der Waals surface area contributed by atoms with Crippen LogP contribution in [0.25, 0.3) is 0 Å². The lowest BCUT2D eigenvalue weighted by molar-refractivity contribution is -0.557. The molecule has 2 unspecified atom stereocenters. The van der Waals surface area contributed by atoms with E-state index >= 15 is 0 Å². The average Bonchev–Trinajstić information content (AvgIpc) is 3.39. The van der Waals surface area contributed by atoms with Crippen molar-refractivity contribution in [1.29, 1.82) is 0 Å². The molecule has 2 spiro atoms. The Bertz CT molecular complexity index is 1770. The highest BCUT2D eigenvalue weighted by atomic mass is 32.1. The predicted octanol–water partition coefficient (Wildman–Crippen LogP) is 7.33. The number of carbonyl (C=O) groups excluding carboxylic acids is 2. The number of nitrogens with one attached hydrogen (secondary N) is 2. The van der Waals surface area contributed by atoms with Crippen LogP contribution in [0.15, 0.2) is 34.8 Å². The van der Waals surface area contributed by atoms with Gasteiger partial charge in [0.15, 0.2) is 11.2 Å². The van der Waals surface area contributed by atoms with Crippen molar-refractivity contribution in [2.24, 2.45) is 35.5 Å². The van der Waals surface area contributed by atoms with Crippen LogP contribution in [0.5, 0.6) is 0 Å². The average molecular weight is 835 g/mol. The van der Waals surface area contributed by atoms with Crippen LogP contribution in [-0.2, 0) is 38.5 Å². The van der Waals surface area contributed by atoms with E-state index in [1.54, 1.807) is 13.8 Å². The molecule has 19 heteroatoms. The third kappa shape index (κ3) is 6.14. The van der Waals surface area contributed by atoms with Crippen LogP contribution in [0, 0.1) is 35.5 Å². The number of thiophene rings is 1. The van der Waals surface area contributed by atoms with Crippen molar-refractivity contribution in [3.8, 4) is 0 Å². The van der Waals surface area contributed by atoms with Crippen molar-refractivity contribution in [2.75, 3.05) is 13.1 Å². The topological polar surface area (TPSA) is 132 Å². The molecule has 2 amide bonds. The number of halogens is 6. The van der Waals surface area contributed by atoms with Crippen LogP contribution in [0.4, 0.5) is 26.3 Å². The fourth-order valence-electron chi connectivity index (χ4n) is 11.0. The highest BCUT2D eigenvalue weighted by Gasteiger charge is 2.72. The van der Waals surface area contributed by atoms with Gasteiger partial charge in [-0.3, -0.25) is 9.59 Å². The first kappa shape index (κ1) is 39.5. The first-order chi connectivity index (χ1) is 26.8. The van der Waals surface area contributed by atoms with Crippen LogP contribution >= 0.6 is 11.3 Å². The molecule has 6 saturated heterocycles. The maximum atomic E-state index is 14.6. The summed E-state index contributed by atoms with van der Waals surface area (Å²) in [6.07, 6.45) is -8.79. The molecule has 314 valence electrons. The number of fused-ring (bicyclic) bond motifs is 4. The minimum absolute atomic E-state index is 0.00326. The third-order valence-corrected chi connectivity index (χ3v) is 14.8. The van der Waals surface area contributed by atoms with Crippen LogP contribution in [-0.4, -0.2) is 72.6 Å². The minimum atomic E-state index is -4.91. The summed E-state index contributed by atoms with van der Waals surface area (Å²) in [5.41, 5.74) is -3.12. The summed E-state index contributed by atoms with van der Waals surface area (Å²) in [4.78, 5) is 50.3. The van der Waals surface area contributed by atoms with E-state index in [-0.39, 0.29) is 44.6 Å². The number of amides is 2. The van der Waals surface area contributed by atoms with Gasteiger partial charge in [-0.1, -0.05) is 13.8 Å². The van der Waals surface area contributed by atoms with Gasteiger partial charge >= 0.3 is 12.4 Å². The number of alkyl halides is 6. The van der Waals surface area contributed by atoms with Crippen molar-refractivity contribution in [3.63, 3.8) is 0 Å². The zero-order valence-electron chi connectivity index (χ0n) is 31.6. The molecule has 12 atom stereocenters. The Morgan fingerprint density at radius 2 is 1.07 bits per heavy atom. The highest BCUT2D eigenvalue weighted by molar-refractivity contribution is 7.15. The molecule has 2 aliphatic carbocycles. The standard InChI is InChI=1S/C38H44F6N2O10S/c1-17-5-7-23-19(27(37(39,40)41)49-31-35(23)21(17)11-13-33(3,51-31)53-55-35)15-45-29(47)25-9-10-26(57-25)30(48)46-16-20-24-8-6-18(2)22-12-14-34(4)52-32(36(22,24)56-54-34)50-28(20)38(42,43)44/h9-10,17-18,21-24,31-32H,5-8,11-16H2,1-4H3,(H,45,47)(H,46,48)/t17-,18-,21+,22+,23+,24+,31-,32-,33?,34?,35-,36-/m1/s1. The lowest BCUT2D eigenvalue weighted by atomic mass is 9.59. The van der Waals surface area contributed by atoms with Gasteiger partial charge in [0.05, 0.1) is 9.75 Å². The molecular formula is C38H44F6N2O10S. The van der Waals surface area contributed by atoms with Crippen molar-refractivity contribution in [3.05, 3.63) is 44.6 Å². The van der Waals surface area contributed by atoms with E-state index in [2.05, 4.69) is 10.6 Å². The zero-order valence-corrected chi connectivity index (χ0v) is 32.4. The molecule has 2 N–H and O–H groups in total. The molecule has 8 fully saturated rings. The van der Waals surface area contributed by atoms with E-state index in [4.69, 9.17) is 38.5 Å². The maximum absolute atomic E-state index is 14.6. The van der Waals surface area contributed by atoms with E-state index in [1.165, 1.54) is 12.1 Å². The predicted molar refractivity (Wildman–Crippen MR) is 183 cm³/mol. The second-order valence-corrected chi connectivity index (χ2v) is 18.3. The van der Waals surface area contributed by atoms with Crippen molar-refractivity contribution < 1.29 is 74.4 Å². The molecule has 0 radical (unpaired) electrons. The smallest absolute Gasteiger partial charge is 0.449 e. The van der Waals surface area contributed by atoms with Gasteiger partial charge < -0.3 is 29.6 Å². The van der Waals surface area contributed by atoms with Gasteiger partial charge in [0.1, 0.15) is 0 Å². The van der Waals surface area contributed by atoms with Crippen LogP contribution in [0.2, 0.25) is 0 Å². The summed E-state index contributed by atoms with van der Waals surface area (Å²) in [7, 11) is 0. The molecule has 4 bridgehead atoms. The van der Waals surface area contributed by atoms with Crippen LogP contribution in [0.3, 0.4) is 0 Å². The van der Waals surface area contributed by atoms with E-state index < -0.39 is 96.0 Å². The summed E-state index contributed by atoms with van der Waals surface area (Å²) in [5, 5.41) is 5.14. The summed E-state index contributed by atoms with van der Waals surface area (Å²) in [5.74, 6) is -8.60. The van der Waals surface area contributed by atoms with Gasteiger partial charge in [-0.2, -0.15) is 26.3 Å². The van der Waals surface area contributed by atoms with Crippen molar-refractivity contribution in [2.45, 2.75) is 127 Å². The van der Waals surface area contributed by atoms with Gasteiger partial charge in [-0.15, -0.1) is 11.3 Å². The molecule has 8 aliphatic heterocycles. The number of hydrogen-bond donors (Lipinski definition) is 2. The maximum Gasteiger partial charge on any atom is 0.449 e. The Hall–Kier alpha value is -2.94. The minimum Gasteiger partial charge on any atom is -0.456 e. The highest BCUT2D eigenvalue weighted by Crippen LogP contribution is 2.63. The van der Waals surface area contributed by atoms with Crippen molar-refractivity contribution in [1.82, 2.24) is 10.6 Å². The second kappa shape index (κ2) is 13.3. The Morgan fingerprint density at radius 3 is 1.46 bits per heavy atom. The first-order valence-electron chi connectivity index (χ1n) is 19.5. The Morgan fingerprint density at radius 1 is 0.667 bits per heavy atom. The number of allylic oxidation sites excluding steroid dienone is 2. The molecule has 1 aromatic heterocycles. The number of hydrogen-bond acceptors (Lipinski definition) is 11. The van der Waals surface area contributed by atoms with Gasteiger partial charge in [0.25, 0.3) is 11.8 Å². The molecule has 10 aliphatic rings. The summed E-state index contributed by atoms with van der Waals surface area (Å²) in [6.45, 7) is 6.15. The summed E-state index contributed by atoms with van der Waals surface area (Å²) >= 11 is 0.740. The van der Waals surface area contributed by atoms with E-state index in [1.807, 2.05) is 13.8 Å². The molecular weight excluding hydrogens is 790 g/mol. The number of carbonyl (C=O) groups is 2. The molecule has 1 aromatic rings. The van der Waals surface area contributed by atoms with Gasteiger partial charge in [-0.05, 0) is 76.3 Å². The molecule has 2 saturated carbocycles. The molecule has 57 heavy (non-hydrogen) atoms. The molecule has 11 rings (SSSR count). The van der Waals surface area contributed by atoms with Gasteiger partial charge in [0.2, 0.25) is 35.7 Å². The quantitative estimate of drug-likeness (QED) is 0.222. The summed E-state index contributed by atoms with van der Waals surface area (Å²) < 4.78 is 111. The second-order valence-electron chi connectivity index (χ2n) is 17.2. The van der Waals surface area contributed by atoms with E-state index in [0.29, 0.717) is 51.4 Å². The van der Waals surface area contributed by atoms with Crippen LogP contribution < -0.4 is 10.6 Å². The van der Waals surface area contributed by atoms with Crippen molar-refractivity contribution >= 4 is 23.2 Å². The molecule has 12 nitrogen and oxygen atoms in total. The molecule has 0 aromatic carbocycles. The SMILES string of the molecule is C[C@@H]1CC[C@H]2C(CNC(=O)c3ccc(C(=O)NCC4=C(C(F)(F)F)O[C@@H]5OC6(C)CC[C@H]7[C@H](C)CC[C@@H]4[C@@]57OO6)s3)=C(C(F)(F)F)O[C@@H]3OC4(C)CC[C@@H]1[C@]32OO4. The largest absolute Gasteiger partial charge is 0.456 e. The zero-order chi connectivity index (χ0) is 40.5. The van der Waals surface area contributed by atoms with E-state index in [9.17, 15) is 35.9 Å². The van der Waals surface area contributed by atoms with E-state index in [0.717, 1.165) is 11.3 Å². The fourth-order valence-corrected chi connectivity index (χ4v) is 11.8. The fraction of sp³-hybridized carbons (Fsp3) is 0.737. The number of rotatable bonds is 6. The molecule has 9 heterocycles. The number of ether oxygens (including phenoxy) is 4. The monoisotopic (exact) mass is 834 g/mol. The van der Waals surface area contributed by atoms with Gasteiger partial charge in [-0.25, -0.2) is 19.6 Å². The Kier molecular flexibility index (Phi) is 9.21. The van der Waals surface area contributed by atoms with Gasteiger partial charge in [0, 0.05) is 60.7 Å². The lowest BCUT2D eigenvalue weighted by Gasteiger charge is -2.57. The lowest BCUT2D eigenvalue weighted by Crippen LogP contribution is -2.67. The normalized spacial score (nSPS) is 42.3.